The van der Waals surface area contributed by atoms with Crippen molar-refractivity contribution in [2.75, 3.05) is 20.3 Å². The van der Waals surface area contributed by atoms with Gasteiger partial charge in [0.05, 0.1) is 16.1 Å². The van der Waals surface area contributed by atoms with Crippen LogP contribution in [0.3, 0.4) is 0 Å². The third-order valence-electron chi connectivity index (χ3n) is 2.63. The second-order valence-corrected chi connectivity index (χ2v) is 6.69. The Morgan fingerprint density at radius 3 is 2.05 bits per heavy atom. The summed E-state index contributed by atoms with van der Waals surface area (Å²) >= 11 is 10.3. The van der Waals surface area contributed by atoms with Crippen LogP contribution < -0.4 is 14.2 Å². The van der Waals surface area contributed by atoms with E-state index in [1.54, 1.807) is 7.11 Å². The van der Waals surface area contributed by atoms with Crippen molar-refractivity contribution in [3.8, 4) is 17.2 Å². The lowest BCUT2D eigenvalue weighted by Gasteiger charge is -2.12. The minimum Gasteiger partial charge on any atom is -0.496 e. The summed E-state index contributed by atoms with van der Waals surface area (Å²) in [5.41, 5.74) is 0. The molecule has 0 N–H and O–H groups in total. The largest absolute Gasteiger partial charge is 0.496 e. The smallest absolute Gasteiger partial charge is 0.135 e. The fourth-order valence-corrected chi connectivity index (χ4v) is 2.80. The lowest BCUT2D eigenvalue weighted by atomic mass is 10.3. The number of rotatable bonds is 6. The first-order valence-electron chi connectivity index (χ1n) is 6.14. The zero-order chi connectivity index (χ0) is 15.2. The van der Waals surface area contributed by atoms with Crippen LogP contribution >= 0.6 is 47.8 Å². The molecule has 0 radical (unpaired) electrons. The number of hydrogen-bond donors (Lipinski definition) is 0. The number of hydrogen-bond acceptors (Lipinski definition) is 3. The molecule has 2 aromatic rings. The molecule has 2 aromatic carbocycles. The molecule has 0 aromatic heterocycles. The van der Waals surface area contributed by atoms with Gasteiger partial charge in [-0.1, -0.05) is 15.9 Å². The van der Waals surface area contributed by atoms with E-state index >= 15 is 0 Å². The Morgan fingerprint density at radius 2 is 1.38 bits per heavy atom. The molecule has 0 unspecified atom stereocenters. The van der Waals surface area contributed by atoms with E-state index < -0.39 is 0 Å². The van der Waals surface area contributed by atoms with Crippen LogP contribution in [-0.2, 0) is 0 Å². The molecule has 0 saturated carbocycles. The number of benzene rings is 2. The zero-order valence-electron chi connectivity index (χ0n) is 11.2. The maximum absolute atomic E-state index is 5.70. The van der Waals surface area contributed by atoms with Crippen LogP contribution in [0, 0.1) is 0 Å². The highest BCUT2D eigenvalue weighted by Crippen LogP contribution is 2.35. The fourth-order valence-electron chi connectivity index (χ4n) is 1.62. The third-order valence-corrected chi connectivity index (χ3v) is 4.40. The number of ether oxygens (including phenoxy) is 3. The Morgan fingerprint density at radius 1 is 0.810 bits per heavy atom. The average Bonchev–Trinajstić information content (AvgIpc) is 2.48. The molecule has 0 fully saturated rings. The Bertz CT molecular complexity index is 600. The van der Waals surface area contributed by atoms with E-state index in [1.807, 2.05) is 36.4 Å². The summed E-state index contributed by atoms with van der Waals surface area (Å²) in [4.78, 5) is 0. The molecule has 0 atom stereocenters. The van der Waals surface area contributed by atoms with Crippen LogP contribution in [0.25, 0.3) is 0 Å². The molecule has 3 nitrogen and oxygen atoms in total. The summed E-state index contributed by atoms with van der Waals surface area (Å²) in [5, 5.41) is 0. The van der Waals surface area contributed by atoms with Crippen LogP contribution in [0.5, 0.6) is 17.2 Å². The lowest BCUT2D eigenvalue weighted by Crippen LogP contribution is -2.09. The summed E-state index contributed by atoms with van der Waals surface area (Å²) in [6, 6.07) is 11.4. The predicted octanol–water partition coefficient (Wildman–Crippen LogP) is 5.44. The standard InChI is InChI=1S/C15H13Br3O3/c1-19-14-8-13(18)15(9-12(14)17)21-7-6-20-11-4-2-10(16)3-5-11/h2-5,8-9H,6-7H2,1H3. The van der Waals surface area contributed by atoms with Gasteiger partial charge < -0.3 is 14.2 Å². The molecular formula is C15H13Br3O3. The average molecular weight is 481 g/mol. The summed E-state index contributed by atoms with van der Waals surface area (Å²) < 4.78 is 19.2. The second-order valence-electron chi connectivity index (χ2n) is 4.07. The van der Waals surface area contributed by atoms with Crippen molar-refractivity contribution < 1.29 is 14.2 Å². The molecular weight excluding hydrogens is 468 g/mol. The molecule has 0 spiro atoms. The Balaban J connectivity index is 1.86. The molecule has 21 heavy (non-hydrogen) atoms. The second kappa shape index (κ2) is 8.06. The molecule has 0 amide bonds. The van der Waals surface area contributed by atoms with Crippen LogP contribution in [0.2, 0.25) is 0 Å². The van der Waals surface area contributed by atoms with E-state index in [0.717, 1.165) is 30.7 Å². The SMILES string of the molecule is COc1cc(Br)c(OCCOc2ccc(Br)cc2)cc1Br. The maximum Gasteiger partial charge on any atom is 0.135 e. The van der Waals surface area contributed by atoms with Crippen LogP contribution in [0.1, 0.15) is 0 Å². The van der Waals surface area contributed by atoms with Gasteiger partial charge in [-0.25, -0.2) is 0 Å². The Kier molecular flexibility index (Phi) is 6.39. The van der Waals surface area contributed by atoms with Gasteiger partial charge in [-0.3, -0.25) is 0 Å². The highest BCUT2D eigenvalue weighted by Gasteiger charge is 2.08. The fraction of sp³-hybridized carbons (Fsp3) is 0.200. The zero-order valence-corrected chi connectivity index (χ0v) is 16.0. The summed E-state index contributed by atoms with van der Waals surface area (Å²) in [7, 11) is 1.62. The van der Waals surface area contributed by atoms with Crippen LogP contribution in [0.4, 0.5) is 0 Å². The molecule has 0 aliphatic carbocycles. The monoisotopic (exact) mass is 478 g/mol. The normalized spacial score (nSPS) is 10.3. The van der Waals surface area contributed by atoms with E-state index in [0.29, 0.717) is 13.2 Å². The van der Waals surface area contributed by atoms with Gasteiger partial charge in [0.2, 0.25) is 0 Å². The molecule has 0 aliphatic rings. The van der Waals surface area contributed by atoms with Gasteiger partial charge >= 0.3 is 0 Å². The van der Waals surface area contributed by atoms with E-state index in [4.69, 9.17) is 14.2 Å². The lowest BCUT2D eigenvalue weighted by molar-refractivity contribution is 0.216. The van der Waals surface area contributed by atoms with Crippen LogP contribution in [0.15, 0.2) is 49.8 Å². The third kappa shape index (κ3) is 4.90. The molecule has 0 heterocycles. The van der Waals surface area contributed by atoms with Gasteiger partial charge in [0.25, 0.3) is 0 Å². The van der Waals surface area contributed by atoms with Crippen LogP contribution in [-0.4, -0.2) is 20.3 Å². The van der Waals surface area contributed by atoms with E-state index in [2.05, 4.69) is 47.8 Å². The summed E-state index contributed by atoms with van der Waals surface area (Å²) in [5.74, 6) is 2.30. The van der Waals surface area contributed by atoms with Gasteiger partial charge in [-0.2, -0.15) is 0 Å². The van der Waals surface area contributed by atoms with Gasteiger partial charge in [-0.15, -0.1) is 0 Å². The van der Waals surface area contributed by atoms with Gasteiger partial charge in [0.1, 0.15) is 30.5 Å². The van der Waals surface area contributed by atoms with Crippen molar-refractivity contribution in [1.82, 2.24) is 0 Å². The predicted molar refractivity (Wildman–Crippen MR) is 93.5 cm³/mol. The minimum atomic E-state index is 0.452. The van der Waals surface area contributed by atoms with E-state index in [9.17, 15) is 0 Å². The summed E-state index contributed by atoms with van der Waals surface area (Å²) in [6.07, 6.45) is 0. The topological polar surface area (TPSA) is 27.7 Å². The quantitative estimate of drug-likeness (QED) is 0.515. The van der Waals surface area contributed by atoms with Crippen molar-refractivity contribution in [2.45, 2.75) is 0 Å². The van der Waals surface area contributed by atoms with Gasteiger partial charge in [0, 0.05) is 4.47 Å². The van der Waals surface area contributed by atoms with Crippen molar-refractivity contribution in [3.63, 3.8) is 0 Å². The van der Waals surface area contributed by atoms with Crippen molar-refractivity contribution in [2.24, 2.45) is 0 Å². The molecule has 2 rings (SSSR count). The highest BCUT2D eigenvalue weighted by molar-refractivity contribution is 9.11. The van der Waals surface area contributed by atoms with Crippen molar-refractivity contribution in [1.29, 1.82) is 0 Å². The Labute approximate surface area is 149 Å². The number of methoxy groups -OCH3 is 1. The van der Waals surface area contributed by atoms with Crippen molar-refractivity contribution >= 4 is 47.8 Å². The first-order valence-corrected chi connectivity index (χ1v) is 8.52. The first-order chi connectivity index (χ1) is 10.1. The molecule has 6 heteroatoms. The van der Waals surface area contributed by atoms with Crippen molar-refractivity contribution in [3.05, 3.63) is 49.8 Å². The van der Waals surface area contributed by atoms with Gasteiger partial charge in [-0.05, 0) is 68.3 Å². The molecule has 0 saturated heterocycles. The number of halogens is 3. The van der Waals surface area contributed by atoms with E-state index in [1.165, 1.54) is 0 Å². The minimum absolute atomic E-state index is 0.452. The molecule has 0 aliphatic heterocycles. The maximum atomic E-state index is 5.70. The molecule has 112 valence electrons. The van der Waals surface area contributed by atoms with Gasteiger partial charge in [0.15, 0.2) is 0 Å². The highest BCUT2D eigenvalue weighted by atomic mass is 79.9. The first kappa shape index (κ1) is 16.6. The molecule has 0 bridgehead atoms. The summed E-state index contributed by atoms with van der Waals surface area (Å²) in [6.45, 7) is 0.922. The Hall–Kier alpha value is -0.720. The van der Waals surface area contributed by atoms with E-state index in [-0.39, 0.29) is 0 Å².